The minimum Gasteiger partial charge on any atom is -0.496 e. The molecule has 0 amide bonds. The molecule has 114 valence electrons. The highest BCUT2D eigenvalue weighted by molar-refractivity contribution is 5.77. The highest BCUT2D eigenvalue weighted by Crippen LogP contribution is 2.34. The van der Waals surface area contributed by atoms with Crippen molar-refractivity contribution >= 4 is 5.69 Å². The number of hydrogen-bond donors (Lipinski definition) is 1. The van der Waals surface area contributed by atoms with Gasteiger partial charge in [-0.15, -0.1) is 5.10 Å². The third-order valence-corrected chi connectivity index (χ3v) is 3.64. The Kier molecular flexibility index (Phi) is 5.14. The van der Waals surface area contributed by atoms with E-state index < -0.39 is 0 Å². The first kappa shape index (κ1) is 15.3. The maximum absolute atomic E-state index is 6.09. The number of rotatable bonds is 7. The van der Waals surface area contributed by atoms with Crippen molar-refractivity contribution in [2.45, 2.75) is 45.6 Å². The van der Waals surface area contributed by atoms with Crippen LogP contribution in [0.2, 0.25) is 0 Å². The minimum atomic E-state index is 0.228. The molecular weight excluding hydrogens is 266 g/mol. The number of benzene rings is 1. The molecule has 0 saturated heterocycles. The van der Waals surface area contributed by atoms with Gasteiger partial charge in [0, 0.05) is 5.69 Å². The Bertz CT molecular complexity index is 581. The van der Waals surface area contributed by atoms with E-state index in [-0.39, 0.29) is 6.04 Å². The van der Waals surface area contributed by atoms with Crippen molar-refractivity contribution in [2.75, 3.05) is 12.8 Å². The predicted molar refractivity (Wildman–Crippen MR) is 83.1 cm³/mol. The second kappa shape index (κ2) is 7.06. The van der Waals surface area contributed by atoms with Crippen molar-refractivity contribution < 1.29 is 4.74 Å². The van der Waals surface area contributed by atoms with Gasteiger partial charge in [0.25, 0.3) is 0 Å². The van der Waals surface area contributed by atoms with Crippen molar-refractivity contribution in [1.82, 2.24) is 20.2 Å². The molecule has 0 spiro atoms. The van der Waals surface area contributed by atoms with Gasteiger partial charge in [0.15, 0.2) is 5.82 Å². The van der Waals surface area contributed by atoms with Crippen LogP contribution in [-0.2, 0) is 0 Å². The second-order valence-corrected chi connectivity index (χ2v) is 5.22. The zero-order valence-electron chi connectivity index (χ0n) is 12.9. The standard InChI is InChI=1S/C15H23N5O/c1-4-5-6-8-11(2)20-15(17-18-19-20)14-12(16)9-7-10-13(14)21-3/h7,9-11H,4-6,8,16H2,1-3H3. The van der Waals surface area contributed by atoms with E-state index in [4.69, 9.17) is 10.5 Å². The Labute approximate surface area is 125 Å². The molecule has 0 aliphatic carbocycles. The molecule has 1 aromatic carbocycles. The molecule has 0 bridgehead atoms. The summed E-state index contributed by atoms with van der Waals surface area (Å²) in [6.07, 6.45) is 4.63. The minimum absolute atomic E-state index is 0.228. The molecule has 6 heteroatoms. The lowest BCUT2D eigenvalue weighted by Crippen LogP contribution is -2.10. The lowest BCUT2D eigenvalue weighted by Gasteiger charge is -2.15. The van der Waals surface area contributed by atoms with Crippen molar-refractivity contribution in [3.63, 3.8) is 0 Å². The fraction of sp³-hybridized carbons (Fsp3) is 0.533. The molecule has 6 nitrogen and oxygen atoms in total. The molecule has 1 unspecified atom stereocenters. The molecular formula is C15H23N5O. The van der Waals surface area contributed by atoms with E-state index in [1.165, 1.54) is 19.3 Å². The summed E-state index contributed by atoms with van der Waals surface area (Å²) in [5.41, 5.74) is 7.46. The monoisotopic (exact) mass is 289 g/mol. The first-order chi connectivity index (χ1) is 10.2. The molecule has 21 heavy (non-hydrogen) atoms. The maximum atomic E-state index is 6.09. The van der Waals surface area contributed by atoms with Crippen molar-refractivity contribution in [3.05, 3.63) is 18.2 Å². The van der Waals surface area contributed by atoms with E-state index in [0.29, 0.717) is 17.3 Å². The number of nitrogens with two attached hydrogens (primary N) is 1. The van der Waals surface area contributed by atoms with Gasteiger partial charge >= 0.3 is 0 Å². The summed E-state index contributed by atoms with van der Waals surface area (Å²) in [6, 6.07) is 5.78. The van der Waals surface area contributed by atoms with Gasteiger partial charge < -0.3 is 10.5 Å². The first-order valence-electron chi connectivity index (χ1n) is 7.39. The summed E-state index contributed by atoms with van der Waals surface area (Å²) < 4.78 is 7.23. The van der Waals surface area contributed by atoms with E-state index in [1.54, 1.807) is 7.11 Å². The molecule has 1 atom stereocenters. The topological polar surface area (TPSA) is 78.9 Å². The van der Waals surface area contributed by atoms with Crippen LogP contribution >= 0.6 is 0 Å². The number of anilines is 1. The number of nitrogens with zero attached hydrogens (tertiary/aromatic N) is 4. The van der Waals surface area contributed by atoms with E-state index in [9.17, 15) is 0 Å². The van der Waals surface area contributed by atoms with Crippen molar-refractivity contribution in [3.8, 4) is 17.1 Å². The van der Waals surface area contributed by atoms with Gasteiger partial charge in [-0.1, -0.05) is 32.3 Å². The molecule has 1 heterocycles. The van der Waals surface area contributed by atoms with Crippen LogP contribution in [0.5, 0.6) is 5.75 Å². The Morgan fingerprint density at radius 3 is 2.86 bits per heavy atom. The summed E-state index contributed by atoms with van der Waals surface area (Å²) in [5.74, 6) is 1.35. The van der Waals surface area contributed by atoms with Crippen LogP contribution in [0.4, 0.5) is 5.69 Å². The molecule has 2 N–H and O–H groups in total. The SMILES string of the molecule is CCCCCC(C)n1nnnc1-c1c(N)cccc1OC. The van der Waals surface area contributed by atoms with E-state index in [0.717, 1.165) is 12.0 Å². The van der Waals surface area contributed by atoms with Gasteiger partial charge in [0.2, 0.25) is 0 Å². The number of tetrazole rings is 1. The zero-order chi connectivity index (χ0) is 15.2. The number of nitrogen functional groups attached to an aromatic ring is 1. The summed E-state index contributed by atoms with van der Waals surface area (Å²) in [7, 11) is 1.62. The molecule has 1 aromatic heterocycles. The van der Waals surface area contributed by atoms with Gasteiger partial charge in [0.05, 0.1) is 18.7 Å². The van der Waals surface area contributed by atoms with Crippen LogP contribution in [0, 0.1) is 0 Å². The van der Waals surface area contributed by atoms with Crippen LogP contribution in [0.1, 0.15) is 45.6 Å². The number of hydrogen-bond acceptors (Lipinski definition) is 5. The Morgan fingerprint density at radius 2 is 2.14 bits per heavy atom. The smallest absolute Gasteiger partial charge is 0.188 e. The fourth-order valence-corrected chi connectivity index (χ4v) is 2.42. The van der Waals surface area contributed by atoms with Gasteiger partial charge in [-0.05, 0) is 35.9 Å². The summed E-state index contributed by atoms with van der Waals surface area (Å²) in [5, 5.41) is 12.1. The molecule has 0 fully saturated rings. The molecule has 0 aliphatic heterocycles. The van der Waals surface area contributed by atoms with Crippen molar-refractivity contribution in [1.29, 1.82) is 0 Å². The molecule has 2 rings (SSSR count). The third-order valence-electron chi connectivity index (χ3n) is 3.64. The fourth-order valence-electron chi connectivity index (χ4n) is 2.42. The van der Waals surface area contributed by atoms with E-state index in [1.807, 2.05) is 22.9 Å². The summed E-state index contributed by atoms with van der Waals surface area (Å²) in [6.45, 7) is 4.32. The molecule has 2 aromatic rings. The number of ether oxygens (including phenoxy) is 1. The lowest BCUT2D eigenvalue weighted by atomic mass is 10.1. The van der Waals surface area contributed by atoms with Crippen LogP contribution < -0.4 is 10.5 Å². The Balaban J connectivity index is 2.32. The first-order valence-corrected chi connectivity index (χ1v) is 7.39. The highest BCUT2D eigenvalue weighted by Gasteiger charge is 2.19. The van der Waals surface area contributed by atoms with Crippen LogP contribution in [0.25, 0.3) is 11.4 Å². The van der Waals surface area contributed by atoms with Gasteiger partial charge in [-0.3, -0.25) is 0 Å². The summed E-state index contributed by atoms with van der Waals surface area (Å²) >= 11 is 0. The number of aromatic nitrogens is 4. The van der Waals surface area contributed by atoms with Crippen LogP contribution in [0.15, 0.2) is 18.2 Å². The molecule has 0 saturated carbocycles. The quantitative estimate of drug-likeness (QED) is 0.626. The predicted octanol–water partition coefficient (Wildman–Crippen LogP) is 3.07. The van der Waals surface area contributed by atoms with Gasteiger partial charge in [-0.2, -0.15) is 0 Å². The number of methoxy groups -OCH3 is 1. The molecule has 0 aliphatic rings. The van der Waals surface area contributed by atoms with E-state index in [2.05, 4.69) is 29.4 Å². The summed E-state index contributed by atoms with van der Waals surface area (Å²) in [4.78, 5) is 0. The Hall–Kier alpha value is -2.11. The zero-order valence-corrected chi connectivity index (χ0v) is 12.9. The van der Waals surface area contributed by atoms with Crippen LogP contribution in [-0.4, -0.2) is 27.3 Å². The van der Waals surface area contributed by atoms with Gasteiger partial charge in [-0.25, -0.2) is 4.68 Å². The largest absolute Gasteiger partial charge is 0.496 e. The maximum Gasteiger partial charge on any atom is 0.188 e. The van der Waals surface area contributed by atoms with Gasteiger partial charge in [0.1, 0.15) is 5.75 Å². The van der Waals surface area contributed by atoms with Crippen molar-refractivity contribution in [2.24, 2.45) is 0 Å². The van der Waals surface area contributed by atoms with E-state index >= 15 is 0 Å². The third kappa shape index (κ3) is 3.32. The van der Waals surface area contributed by atoms with Crippen LogP contribution in [0.3, 0.4) is 0 Å². The average Bonchev–Trinajstić information content (AvgIpc) is 2.96. The number of unbranched alkanes of at least 4 members (excludes halogenated alkanes) is 2. The normalized spacial score (nSPS) is 12.3. The highest BCUT2D eigenvalue weighted by atomic mass is 16.5. The average molecular weight is 289 g/mol. The lowest BCUT2D eigenvalue weighted by molar-refractivity contribution is 0.412. The molecule has 0 radical (unpaired) electrons. The Morgan fingerprint density at radius 1 is 1.33 bits per heavy atom. The second-order valence-electron chi connectivity index (χ2n) is 5.22.